The van der Waals surface area contributed by atoms with Crippen molar-refractivity contribution in [3.8, 4) is 0 Å². The van der Waals surface area contributed by atoms with Crippen molar-refractivity contribution in [1.29, 1.82) is 0 Å². The van der Waals surface area contributed by atoms with E-state index < -0.39 is 6.09 Å². The third-order valence-electron chi connectivity index (χ3n) is 1.33. The molecule has 0 aromatic heterocycles. The van der Waals surface area contributed by atoms with Crippen LogP contribution in [0, 0.1) is 0 Å². The van der Waals surface area contributed by atoms with Crippen molar-refractivity contribution in [3.05, 3.63) is 36.4 Å². The minimum atomic E-state index is -0.579. The number of alkyl carbamates (subject to hydrolysis) is 1. The van der Waals surface area contributed by atoms with E-state index in [0.717, 1.165) is 0 Å². The number of ether oxygens (including phenoxy) is 1. The minimum Gasteiger partial charge on any atom is -0.453 e. The number of hydrogen-bond acceptors (Lipinski definition) is 3. The first-order valence-corrected chi connectivity index (χ1v) is 5.48. The van der Waals surface area contributed by atoms with Crippen LogP contribution >= 0.6 is 0 Å². The molecule has 17 heavy (non-hydrogen) atoms. The van der Waals surface area contributed by atoms with Crippen LogP contribution < -0.4 is 5.32 Å². The molecule has 0 aliphatic carbocycles. The van der Waals surface area contributed by atoms with E-state index in [1.54, 1.807) is 0 Å². The Morgan fingerprint density at radius 3 is 1.59 bits per heavy atom. The van der Waals surface area contributed by atoms with E-state index in [4.69, 9.17) is 0 Å². The number of rotatable bonds is 2. The Hall–Kier alpha value is -1.84. The van der Waals surface area contributed by atoms with Crippen molar-refractivity contribution >= 4 is 11.9 Å². The van der Waals surface area contributed by atoms with Crippen LogP contribution in [0.25, 0.3) is 0 Å². The number of Topliss-reactive ketones (excluding diaryl/α,β-unsaturated/α-hetero) is 1. The first-order chi connectivity index (χ1) is 8.16. The number of benzene rings is 1. The van der Waals surface area contributed by atoms with Gasteiger partial charge >= 0.3 is 6.09 Å². The van der Waals surface area contributed by atoms with Gasteiger partial charge in [0, 0.05) is 0 Å². The lowest BCUT2D eigenvalue weighted by Gasteiger charge is -1.97. The summed E-state index contributed by atoms with van der Waals surface area (Å²) < 4.78 is 4.20. The maximum absolute atomic E-state index is 10.2. The third-order valence-corrected chi connectivity index (χ3v) is 1.33. The highest BCUT2D eigenvalue weighted by Crippen LogP contribution is 1.79. The smallest absolute Gasteiger partial charge is 0.407 e. The molecule has 0 fully saturated rings. The molecular formula is C13H21NO3. The lowest BCUT2D eigenvalue weighted by atomic mass is 10.4. The van der Waals surface area contributed by atoms with E-state index in [-0.39, 0.29) is 12.3 Å². The van der Waals surface area contributed by atoms with Gasteiger partial charge in [-0.25, -0.2) is 4.79 Å². The fourth-order valence-electron chi connectivity index (χ4n) is 0.654. The summed E-state index contributed by atoms with van der Waals surface area (Å²) in [7, 11) is 1.25. The number of ketones is 1. The topological polar surface area (TPSA) is 55.4 Å². The summed E-state index contributed by atoms with van der Waals surface area (Å²) in [5.74, 6) is -0.0969. The largest absolute Gasteiger partial charge is 0.453 e. The summed E-state index contributed by atoms with van der Waals surface area (Å²) in [6.45, 7) is 5.42. The Bertz CT molecular complexity index is 259. The van der Waals surface area contributed by atoms with Crippen LogP contribution in [0.2, 0.25) is 0 Å². The van der Waals surface area contributed by atoms with Crippen molar-refractivity contribution in [2.75, 3.05) is 13.7 Å². The molecule has 0 heterocycles. The fourth-order valence-corrected chi connectivity index (χ4v) is 0.654. The molecular weight excluding hydrogens is 218 g/mol. The van der Waals surface area contributed by atoms with Gasteiger partial charge in [0.1, 0.15) is 5.78 Å². The summed E-state index contributed by atoms with van der Waals surface area (Å²) in [4.78, 5) is 20.4. The van der Waals surface area contributed by atoms with E-state index >= 15 is 0 Å². The van der Waals surface area contributed by atoms with Crippen molar-refractivity contribution in [3.63, 3.8) is 0 Å². The summed E-state index contributed by atoms with van der Waals surface area (Å²) in [5, 5.41) is 2.22. The van der Waals surface area contributed by atoms with Gasteiger partial charge in [-0.1, -0.05) is 50.2 Å². The number of methoxy groups -OCH3 is 1. The molecule has 0 aliphatic heterocycles. The number of amides is 1. The highest BCUT2D eigenvalue weighted by Gasteiger charge is 1.97. The summed E-state index contributed by atoms with van der Waals surface area (Å²) in [6.07, 6.45) is -0.579. The van der Waals surface area contributed by atoms with E-state index in [1.165, 1.54) is 14.0 Å². The Labute approximate surface area is 103 Å². The average Bonchev–Trinajstić information content (AvgIpc) is 2.41. The Balaban J connectivity index is 0. The molecule has 0 spiro atoms. The van der Waals surface area contributed by atoms with Gasteiger partial charge in [-0.3, -0.25) is 4.79 Å². The molecule has 96 valence electrons. The summed E-state index contributed by atoms with van der Waals surface area (Å²) in [5.41, 5.74) is 0. The van der Waals surface area contributed by atoms with Gasteiger partial charge < -0.3 is 10.1 Å². The number of nitrogens with one attached hydrogen (secondary N) is 1. The molecule has 4 heteroatoms. The molecule has 4 nitrogen and oxygen atoms in total. The second-order valence-corrected chi connectivity index (χ2v) is 2.70. The molecule has 0 bridgehead atoms. The Morgan fingerprint density at radius 1 is 1.00 bits per heavy atom. The van der Waals surface area contributed by atoms with Crippen LogP contribution in [0.3, 0.4) is 0 Å². The first-order valence-electron chi connectivity index (χ1n) is 5.48. The molecule has 0 radical (unpaired) electrons. The van der Waals surface area contributed by atoms with Gasteiger partial charge in [-0.05, 0) is 6.92 Å². The van der Waals surface area contributed by atoms with Crippen LogP contribution in [0.5, 0.6) is 0 Å². The quantitative estimate of drug-likeness (QED) is 0.863. The molecule has 0 saturated heterocycles. The van der Waals surface area contributed by atoms with Gasteiger partial charge in [-0.2, -0.15) is 0 Å². The first kappa shape index (κ1) is 17.6. The van der Waals surface area contributed by atoms with Crippen molar-refractivity contribution < 1.29 is 14.3 Å². The highest BCUT2D eigenvalue weighted by atomic mass is 16.5. The standard InChI is InChI=1S/C6H6.C5H9NO3.C2H6/c1-2-4-6-5-3-1;1-4(7)3-6-5(8)9-2;1-2/h1-6H;3H2,1-2H3,(H,6,8);1-2H3. The molecule has 1 N–H and O–H groups in total. The zero-order chi connectivity index (χ0) is 13.5. The monoisotopic (exact) mass is 239 g/mol. The second-order valence-electron chi connectivity index (χ2n) is 2.70. The Morgan fingerprint density at radius 2 is 1.35 bits per heavy atom. The maximum Gasteiger partial charge on any atom is 0.407 e. The van der Waals surface area contributed by atoms with E-state index in [1.807, 2.05) is 50.2 Å². The number of carbonyl (C=O) groups excluding carboxylic acids is 2. The molecule has 1 amide bonds. The fraction of sp³-hybridized carbons (Fsp3) is 0.385. The third kappa shape index (κ3) is 16.8. The van der Waals surface area contributed by atoms with Crippen molar-refractivity contribution in [1.82, 2.24) is 5.32 Å². The molecule has 1 aromatic carbocycles. The predicted octanol–water partition coefficient (Wildman–Crippen LogP) is 2.64. The Kier molecular flexibility index (Phi) is 14.6. The highest BCUT2D eigenvalue weighted by molar-refractivity contribution is 5.81. The van der Waals surface area contributed by atoms with E-state index in [2.05, 4.69) is 10.1 Å². The second kappa shape index (κ2) is 14.2. The average molecular weight is 239 g/mol. The lowest BCUT2D eigenvalue weighted by Crippen LogP contribution is -2.27. The van der Waals surface area contributed by atoms with E-state index in [0.29, 0.717) is 0 Å². The molecule has 1 rings (SSSR count). The van der Waals surface area contributed by atoms with Crippen LogP contribution in [0.4, 0.5) is 4.79 Å². The maximum atomic E-state index is 10.2. The van der Waals surface area contributed by atoms with Gasteiger partial charge in [0.2, 0.25) is 0 Å². The predicted molar refractivity (Wildman–Crippen MR) is 68.9 cm³/mol. The molecule has 0 unspecified atom stereocenters. The van der Waals surface area contributed by atoms with Gasteiger partial charge in [0.25, 0.3) is 0 Å². The van der Waals surface area contributed by atoms with Crippen LogP contribution in [0.1, 0.15) is 20.8 Å². The van der Waals surface area contributed by atoms with Crippen LogP contribution in [-0.4, -0.2) is 25.5 Å². The zero-order valence-electron chi connectivity index (χ0n) is 10.9. The minimum absolute atomic E-state index is 0.0344. The van der Waals surface area contributed by atoms with Gasteiger partial charge in [-0.15, -0.1) is 0 Å². The van der Waals surface area contributed by atoms with Crippen LogP contribution in [-0.2, 0) is 9.53 Å². The number of hydrogen-bond donors (Lipinski definition) is 1. The zero-order valence-corrected chi connectivity index (χ0v) is 10.9. The molecule has 0 saturated carbocycles. The van der Waals surface area contributed by atoms with Gasteiger partial charge in [0.05, 0.1) is 13.7 Å². The summed E-state index contributed by atoms with van der Waals surface area (Å²) >= 11 is 0. The van der Waals surface area contributed by atoms with Crippen molar-refractivity contribution in [2.45, 2.75) is 20.8 Å². The SMILES string of the molecule is CC.COC(=O)NCC(C)=O.c1ccccc1. The van der Waals surface area contributed by atoms with Crippen LogP contribution in [0.15, 0.2) is 36.4 Å². The molecule has 0 atom stereocenters. The summed E-state index contributed by atoms with van der Waals surface area (Å²) in [6, 6.07) is 12.0. The normalized spacial score (nSPS) is 7.53. The molecule has 1 aromatic rings. The van der Waals surface area contributed by atoms with E-state index in [9.17, 15) is 9.59 Å². The number of carbonyl (C=O) groups is 2. The van der Waals surface area contributed by atoms with Gasteiger partial charge in [0.15, 0.2) is 0 Å². The molecule has 0 aliphatic rings. The van der Waals surface area contributed by atoms with Crippen molar-refractivity contribution in [2.24, 2.45) is 0 Å². The lowest BCUT2D eigenvalue weighted by molar-refractivity contribution is -0.116.